The number of fused-ring (bicyclic) bond motifs is 1. The van der Waals surface area contributed by atoms with Gasteiger partial charge in [-0.15, -0.1) is 0 Å². The molecule has 0 fully saturated rings. The van der Waals surface area contributed by atoms with Crippen LogP contribution in [0.2, 0.25) is 0 Å². The van der Waals surface area contributed by atoms with E-state index in [2.05, 4.69) is 23.8 Å². The van der Waals surface area contributed by atoms with Crippen molar-refractivity contribution in [3.05, 3.63) is 35.5 Å². The third-order valence-corrected chi connectivity index (χ3v) is 4.44. The van der Waals surface area contributed by atoms with Crippen molar-refractivity contribution in [1.82, 2.24) is 9.47 Å². The van der Waals surface area contributed by atoms with Crippen molar-refractivity contribution >= 4 is 16.8 Å². The summed E-state index contributed by atoms with van der Waals surface area (Å²) < 4.78 is 7.40. The maximum Gasteiger partial charge on any atom is 0.253 e. The van der Waals surface area contributed by atoms with E-state index in [0.29, 0.717) is 0 Å². The SMILES string of the molecule is CCc1cn(CCCOC)c2cc(C(=O)N(C)C(C)C)ccc12. The molecule has 0 aliphatic carbocycles. The summed E-state index contributed by atoms with van der Waals surface area (Å²) >= 11 is 0. The Hall–Kier alpha value is -1.81. The number of hydrogen-bond acceptors (Lipinski definition) is 2. The molecule has 1 amide bonds. The maximum absolute atomic E-state index is 12.6. The lowest BCUT2D eigenvalue weighted by molar-refractivity contribution is 0.0755. The molecule has 1 heterocycles. The number of nitrogens with zero attached hydrogens (tertiary/aromatic N) is 2. The standard InChI is InChI=1S/C19H28N2O2/c1-6-15-13-21(10-7-11-23-5)18-12-16(8-9-17(15)18)19(22)20(4)14(2)3/h8-9,12-14H,6-7,10-11H2,1-5H3. The predicted octanol–water partition coefficient (Wildman–Crippen LogP) is 3.72. The number of methoxy groups -OCH3 is 1. The second-order valence-corrected chi connectivity index (χ2v) is 6.29. The Morgan fingerprint density at radius 3 is 2.70 bits per heavy atom. The van der Waals surface area contributed by atoms with E-state index < -0.39 is 0 Å². The van der Waals surface area contributed by atoms with Crippen LogP contribution in [0.5, 0.6) is 0 Å². The van der Waals surface area contributed by atoms with E-state index in [9.17, 15) is 4.79 Å². The van der Waals surface area contributed by atoms with Gasteiger partial charge in [0.1, 0.15) is 0 Å². The van der Waals surface area contributed by atoms with Crippen LogP contribution in [-0.4, -0.2) is 42.2 Å². The van der Waals surface area contributed by atoms with Crippen molar-refractivity contribution in [1.29, 1.82) is 0 Å². The van der Waals surface area contributed by atoms with Crippen molar-refractivity contribution in [3.63, 3.8) is 0 Å². The number of benzene rings is 1. The smallest absolute Gasteiger partial charge is 0.253 e. The molecule has 0 N–H and O–H groups in total. The van der Waals surface area contributed by atoms with Crippen LogP contribution < -0.4 is 0 Å². The highest BCUT2D eigenvalue weighted by molar-refractivity contribution is 5.98. The van der Waals surface area contributed by atoms with E-state index in [1.807, 2.05) is 33.0 Å². The zero-order valence-electron chi connectivity index (χ0n) is 14.9. The number of hydrogen-bond donors (Lipinski definition) is 0. The lowest BCUT2D eigenvalue weighted by atomic mass is 10.1. The van der Waals surface area contributed by atoms with E-state index in [-0.39, 0.29) is 11.9 Å². The Morgan fingerprint density at radius 1 is 1.35 bits per heavy atom. The Morgan fingerprint density at radius 2 is 2.09 bits per heavy atom. The number of amides is 1. The Balaban J connectivity index is 2.39. The zero-order valence-corrected chi connectivity index (χ0v) is 14.9. The topological polar surface area (TPSA) is 34.5 Å². The van der Waals surface area contributed by atoms with Crippen LogP contribution in [0.25, 0.3) is 10.9 Å². The average molecular weight is 316 g/mol. The number of carbonyl (C=O) groups is 1. The van der Waals surface area contributed by atoms with Crippen molar-refractivity contribution in [2.24, 2.45) is 0 Å². The van der Waals surface area contributed by atoms with Gasteiger partial charge in [-0.3, -0.25) is 4.79 Å². The van der Waals surface area contributed by atoms with Crippen molar-refractivity contribution in [2.45, 2.75) is 46.2 Å². The first-order valence-electron chi connectivity index (χ1n) is 8.37. The van der Waals surface area contributed by atoms with Gasteiger partial charge in [-0.2, -0.15) is 0 Å². The van der Waals surface area contributed by atoms with Gasteiger partial charge >= 0.3 is 0 Å². The molecular formula is C19H28N2O2. The molecule has 1 aromatic carbocycles. The lowest BCUT2D eigenvalue weighted by Crippen LogP contribution is -2.32. The fourth-order valence-corrected chi connectivity index (χ4v) is 2.79. The normalized spacial score (nSPS) is 11.4. The van der Waals surface area contributed by atoms with Crippen LogP contribution in [0.1, 0.15) is 43.1 Å². The second-order valence-electron chi connectivity index (χ2n) is 6.29. The third kappa shape index (κ3) is 3.75. The molecule has 0 radical (unpaired) electrons. The molecule has 0 bridgehead atoms. The van der Waals surface area contributed by atoms with Crippen molar-refractivity contribution in [2.75, 3.05) is 20.8 Å². The van der Waals surface area contributed by atoms with E-state index in [1.54, 1.807) is 12.0 Å². The average Bonchev–Trinajstić information content (AvgIpc) is 2.91. The highest BCUT2D eigenvalue weighted by Crippen LogP contribution is 2.24. The molecular weight excluding hydrogens is 288 g/mol. The van der Waals surface area contributed by atoms with Crippen LogP contribution in [0.3, 0.4) is 0 Å². The summed E-state index contributed by atoms with van der Waals surface area (Å²) in [7, 11) is 3.58. The maximum atomic E-state index is 12.6. The summed E-state index contributed by atoms with van der Waals surface area (Å²) in [4.78, 5) is 14.4. The van der Waals surface area contributed by atoms with Gasteiger partial charge in [0, 0.05) is 56.0 Å². The molecule has 0 aliphatic heterocycles. The third-order valence-electron chi connectivity index (χ3n) is 4.44. The molecule has 0 saturated carbocycles. The number of aromatic nitrogens is 1. The van der Waals surface area contributed by atoms with Gasteiger partial charge in [-0.1, -0.05) is 13.0 Å². The highest BCUT2D eigenvalue weighted by atomic mass is 16.5. The quantitative estimate of drug-likeness (QED) is 0.730. The summed E-state index contributed by atoms with van der Waals surface area (Å²) in [5.74, 6) is 0.0737. The molecule has 0 saturated heterocycles. The monoisotopic (exact) mass is 316 g/mol. The largest absolute Gasteiger partial charge is 0.385 e. The number of aryl methyl sites for hydroxylation is 2. The number of ether oxygens (including phenoxy) is 1. The van der Waals surface area contributed by atoms with Crippen molar-refractivity contribution in [3.8, 4) is 0 Å². The molecule has 4 heteroatoms. The molecule has 0 unspecified atom stereocenters. The second kappa shape index (κ2) is 7.64. The van der Waals surface area contributed by atoms with Crippen LogP contribution in [-0.2, 0) is 17.7 Å². The number of carbonyl (C=O) groups excluding carboxylic acids is 1. The van der Waals surface area contributed by atoms with Gasteiger partial charge in [-0.05, 0) is 44.4 Å². The molecule has 0 atom stereocenters. The Labute approximate surface area is 139 Å². The summed E-state index contributed by atoms with van der Waals surface area (Å²) in [5, 5.41) is 1.24. The van der Waals surface area contributed by atoms with Gasteiger partial charge in [0.15, 0.2) is 0 Å². The number of rotatable bonds is 7. The fourth-order valence-electron chi connectivity index (χ4n) is 2.79. The van der Waals surface area contributed by atoms with E-state index in [4.69, 9.17) is 4.74 Å². The zero-order chi connectivity index (χ0) is 17.0. The van der Waals surface area contributed by atoms with Crippen LogP contribution in [0.15, 0.2) is 24.4 Å². The van der Waals surface area contributed by atoms with Gasteiger partial charge in [0.2, 0.25) is 0 Å². The molecule has 1 aromatic heterocycles. The van der Waals surface area contributed by atoms with Gasteiger partial charge in [0.25, 0.3) is 5.91 Å². The van der Waals surface area contributed by atoms with Crippen LogP contribution in [0, 0.1) is 0 Å². The van der Waals surface area contributed by atoms with Gasteiger partial charge < -0.3 is 14.2 Å². The Bertz CT molecular complexity index is 673. The lowest BCUT2D eigenvalue weighted by Gasteiger charge is -2.21. The van der Waals surface area contributed by atoms with Gasteiger partial charge in [-0.25, -0.2) is 0 Å². The summed E-state index contributed by atoms with van der Waals surface area (Å²) in [6.45, 7) is 7.87. The first-order valence-corrected chi connectivity index (χ1v) is 8.37. The van der Waals surface area contributed by atoms with Crippen LogP contribution in [0.4, 0.5) is 0 Å². The molecule has 23 heavy (non-hydrogen) atoms. The van der Waals surface area contributed by atoms with E-state index in [0.717, 1.165) is 37.1 Å². The molecule has 0 aliphatic rings. The summed E-state index contributed by atoms with van der Waals surface area (Å²) in [6.07, 6.45) is 4.17. The molecule has 2 rings (SSSR count). The minimum absolute atomic E-state index is 0.0737. The molecule has 2 aromatic rings. The Kier molecular flexibility index (Phi) is 5.83. The predicted molar refractivity (Wildman–Crippen MR) is 95.0 cm³/mol. The van der Waals surface area contributed by atoms with Crippen molar-refractivity contribution < 1.29 is 9.53 Å². The van der Waals surface area contributed by atoms with Crippen LogP contribution >= 0.6 is 0 Å². The molecule has 4 nitrogen and oxygen atoms in total. The first-order chi connectivity index (χ1) is 11.0. The van der Waals surface area contributed by atoms with E-state index >= 15 is 0 Å². The first kappa shape index (κ1) is 17.5. The highest BCUT2D eigenvalue weighted by Gasteiger charge is 2.16. The molecule has 126 valence electrons. The van der Waals surface area contributed by atoms with Gasteiger partial charge in [0.05, 0.1) is 0 Å². The minimum atomic E-state index is 0.0737. The summed E-state index contributed by atoms with van der Waals surface area (Å²) in [5.41, 5.74) is 3.22. The minimum Gasteiger partial charge on any atom is -0.385 e. The fraction of sp³-hybridized carbons (Fsp3) is 0.526. The van der Waals surface area contributed by atoms with E-state index in [1.165, 1.54) is 10.9 Å². The summed E-state index contributed by atoms with van der Waals surface area (Å²) in [6, 6.07) is 6.26. The molecule has 0 spiro atoms.